The van der Waals surface area contributed by atoms with E-state index in [1.165, 1.54) is 0 Å². The minimum Gasteiger partial charge on any atom is -0.318 e. The van der Waals surface area contributed by atoms with E-state index in [0.29, 0.717) is 12.5 Å². The zero-order valence-corrected chi connectivity index (χ0v) is 11.6. The third-order valence-electron chi connectivity index (χ3n) is 2.43. The number of rotatable bonds is 9. The lowest BCUT2D eigenvalue weighted by Gasteiger charge is -2.23. The average molecular weight is 250 g/mol. The lowest BCUT2D eigenvalue weighted by Crippen LogP contribution is -2.35. The van der Waals surface area contributed by atoms with Crippen molar-refractivity contribution in [1.29, 1.82) is 0 Å². The van der Waals surface area contributed by atoms with Crippen LogP contribution in [-0.4, -0.2) is 58.5 Å². The fraction of sp³-hybridized carbons (Fsp3) is 0.909. The zero-order chi connectivity index (χ0) is 12.6. The molecule has 0 heterocycles. The van der Waals surface area contributed by atoms with Crippen molar-refractivity contribution < 1.29 is 8.76 Å². The first-order valence-electron chi connectivity index (χ1n) is 5.79. The molecule has 0 aromatic heterocycles. The number of hydrogen-bond donors (Lipinski definition) is 2. The second-order valence-corrected chi connectivity index (χ2v) is 6.56. The van der Waals surface area contributed by atoms with Crippen molar-refractivity contribution in [2.75, 3.05) is 39.0 Å². The lowest BCUT2D eigenvalue weighted by atomic mass is 10.1. The summed E-state index contributed by atoms with van der Waals surface area (Å²) in [6.45, 7) is 7.82. The Labute approximate surface area is 100 Å². The minimum absolute atomic E-state index is 0.259. The molecule has 0 aliphatic heterocycles. The maximum atomic E-state index is 11.1. The van der Waals surface area contributed by atoms with E-state index < -0.39 is 9.80 Å². The van der Waals surface area contributed by atoms with E-state index in [4.69, 9.17) is 4.55 Å². The summed E-state index contributed by atoms with van der Waals surface area (Å²) in [7, 11) is -0.931. The molecule has 0 saturated carbocycles. The Balaban J connectivity index is 3.99. The van der Waals surface area contributed by atoms with Crippen LogP contribution >= 0.6 is 0 Å². The number of hydrogen-bond acceptors (Lipinski definition) is 3. The van der Waals surface area contributed by atoms with Gasteiger partial charge in [-0.2, -0.15) is 0 Å². The van der Waals surface area contributed by atoms with Crippen LogP contribution in [0.2, 0.25) is 0 Å². The van der Waals surface area contributed by atoms with Crippen LogP contribution in [0.3, 0.4) is 0 Å². The van der Waals surface area contributed by atoms with E-state index in [-0.39, 0.29) is 5.75 Å². The molecule has 1 atom stereocenters. The predicted molar refractivity (Wildman–Crippen MR) is 72.6 cm³/mol. The molecule has 0 aromatic carbocycles. The highest BCUT2D eigenvalue weighted by Gasteiger charge is 2.07. The molecule has 0 amide bonds. The van der Waals surface area contributed by atoms with E-state index in [2.05, 4.69) is 29.9 Å². The van der Waals surface area contributed by atoms with Gasteiger partial charge in [0.2, 0.25) is 0 Å². The van der Waals surface area contributed by atoms with Crippen LogP contribution in [-0.2, 0) is 9.80 Å². The molecule has 0 aliphatic rings. The van der Waals surface area contributed by atoms with Crippen LogP contribution in [0.15, 0.2) is 0 Å². The topological polar surface area (TPSA) is 52.6 Å². The SMILES string of the molecule is C=S(=O)(O)CCN(CCNC)CCC(C)C. The van der Waals surface area contributed by atoms with Crippen molar-refractivity contribution in [3.63, 3.8) is 0 Å². The standard InChI is InChI=1S/C11H26N2O2S/c1-11(2)5-7-13(8-6-12-3)9-10-16(4,14)15/h11-12H,4-10H2,1-3H3,(H,14,15). The maximum absolute atomic E-state index is 11.1. The smallest absolute Gasteiger partial charge is 0.0758 e. The molecule has 0 spiro atoms. The third-order valence-corrected chi connectivity index (χ3v) is 3.25. The molecule has 0 saturated heterocycles. The Hall–Kier alpha value is -0.100. The fourth-order valence-electron chi connectivity index (χ4n) is 1.32. The van der Waals surface area contributed by atoms with Crippen molar-refractivity contribution in [1.82, 2.24) is 10.2 Å². The van der Waals surface area contributed by atoms with Crippen molar-refractivity contribution in [2.45, 2.75) is 20.3 Å². The van der Waals surface area contributed by atoms with E-state index in [0.717, 1.165) is 26.1 Å². The van der Waals surface area contributed by atoms with Gasteiger partial charge in [0.05, 0.1) is 15.6 Å². The Morgan fingerprint density at radius 3 is 2.44 bits per heavy atom. The second kappa shape index (κ2) is 8.06. The first-order chi connectivity index (χ1) is 7.35. The van der Waals surface area contributed by atoms with Gasteiger partial charge in [-0.3, -0.25) is 0 Å². The predicted octanol–water partition coefficient (Wildman–Crippen LogP) is 0.743. The highest BCUT2D eigenvalue weighted by molar-refractivity contribution is 7.95. The molecule has 0 aromatic rings. The van der Waals surface area contributed by atoms with Crippen LogP contribution in [0.1, 0.15) is 20.3 Å². The van der Waals surface area contributed by atoms with Gasteiger partial charge in [-0.1, -0.05) is 13.8 Å². The van der Waals surface area contributed by atoms with E-state index in [9.17, 15) is 4.21 Å². The van der Waals surface area contributed by atoms with Crippen LogP contribution in [0.25, 0.3) is 0 Å². The van der Waals surface area contributed by atoms with Crippen LogP contribution in [0.4, 0.5) is 0 Å². The van der Waals surface area contributed by atoms with E-state index in [1.54, 1.807) is 0 Å². The molecule has 2 N–H and O–H groups in total. The number of nitrogens with one attached hydrogen (secondary N) is 1. The molecule has 1 unspecified atom stereocenters. The monoisotopic (exact) mass is 250 g/mol. The Kier molecular flexibility index (Phi) is 8.01. The second-order valence-electron chi connectivity index (χ2n) is 4.60. The Morgan fingerprint density at radius 2 is 2.00 bits per heavy atom. The van der Waals surface area contributed by atoms with Gasteiger partial charge in [-0.15, -0.1) is 0 Å². The molecule has 0 bridgehead atoms. The van der Waals surface area contributed by atoms with Crippen LogP contribution in [0, 0.1) is 5.92 Å². The van der Waals surface area contributed by atoms with Gasteiger partial charge in [-0.25, -0.2) is 4.21 Å². The van der Waals surface area contributed by atoms with Gasteiger partial charge in [0, 0.05) is 19.6 Å². The summed E-state index contributed by atoms with van der Waals surface area (Å²) in [6.07, 6.45) is 1.12. The highest BCUT2D eigenvalue weighted by Crippen LogP contribution is 2.02. The summed E-state index contributed by atoms with van der Waals surface area (Å²) in [4.78, 5) is 2.22. The molecular weight excluding hydrogens is 224 g/mol. The summed E-state index contributed by atoms with van der Waals surface area (Å²) in [6, 6.07) is 0. The number of nitrogens with zero attached hydrogens (tertiary/aromatic N) is 1. The summed E-state index contributed by atoms with van der Waals surface area (Å²) < 4.78 is 20.2. The van der Waals surface area contributed by atoms with E-state index in [1.807, 2.05) is 7.05 Å². The zero-order valence-electron chi connectivity index (χ0n) is 10.7. The quantitative estimate of drug-likeness (QED) is 0.593. The van der Waals surface area contributed by atoms with Crippen molar-refractivity contribution >= 4 is 15.7 Å². The normalized spacial score (nSPS) is 15.6. The summed E-state index contributed by atoms with van der Waals surface area (Å²) >= 11 is 0. The first-order valence-corrected chi connectivity index (χ1v) is 7.64. The molecule has 98 valence electrons. The Morgan fingerprint density at radius 1 is 1.38 bits per heavy atom. The molecule has 5 heteroatoms. The molecular formula is C11H26N2O2S. The molecule has 16 heavy (non-hydrogen) atoms. The summed E-state index contributed by atoms with van der Waals surface area (Å²) in [5.41, 5.74) is 0. The summed E-state index contributed by atoms with van der Waals surface area (Å²) in [5.74, 6) is 4.18. The van der Waals surface area contributed by atoms with Crippen molar-refractivity contribution in [3.8, 4) is 0 Å². The first kappa shape index (κ1) is 15.9. The maximum Gasteiger partial charge on any atom is 0.0758 e. The van der Waals surface area contributed by atoms with Gasteiger partial charge in [0.1, 0.15) is 0 Å². The molecule has 0 rings (SSSR count). The Bertz CT molecular complexity index is 263. The molecule has 0 aliphatic carbocycles. The molecule has 4 nitrogen and oxygen atoms in total. The van der Waals surface area contributed by atoms with Crippen molar-refractivity contribution in [2.24, 2.45) is 5.92 Å². The molecule has 0 radical (unpaired) electrons. The highest BCUT2D eigenvalue weighted by atomic mass is 32.2. The largest absolute Gasteiger partial charge is 0.318 e. The van der Waals surface area contributed by atoms with Gasteiger partial charge >= 0.3 is 0 Å². The average Bonchev–Trinajstić information content (AvgIpc) is 2.15. The number of likely N-dealkylation sites (N-methyl/N-ethyl adjacent to an activating group) is 1. The molecule has 0 fully saturated rings. The van der Waals surface area contributed by atoms with Gasteiger partial charge in [-0.05, 0) is 31.8 Å². The summed E-state index contributed by atoms with van der Waals surface area (Å²) in [5, 5.41) is 3.09. The van der Waals surface area contributed by atoms with Crippen LogP contribution in [0.5, 0.6) is 0 Å². The van der Waals surface area contributed by atoms with E-state index >= 15 is 0 Å². The fourth-order valence-corrected chi connectivity index (χ4v) is 1.86. The van der Waals surface area contributed by atoms with Gasteiger partial charge < -0.3 is 14.8 Å². The van der Waals surface area contributed by atoms with Gasteiger partial charge in [0.15, 0.2) is 0 Å². The minimum atomic E-state index is -2.84. The van der Waals surface area contributed by atoms with Crippen molar-refractivity contribution in [3.05, 3.63) is 0 Å². The lowest BCUT2D eigenvalue weighted by molar-refractivity contribution is 0.272. The van der Waals surface area contributed by atoms with Crippen LogP contribution < -0.4 is 5.32 Å². The third kappa shape index (κ3) is 10.4. The van der Waals surface area contributed by atoms with Gasteiger partial charge in [0.25, 0.3) is 0 Å².